The maximum absolute atomic E-state index is 12.4. The fraction of sp³-hybridized carbons (Fsp3) is 0.235. The largest absolute Gasteiger partial charge is 0.342 e. The molecule has 0 spiro atoms. The zero-order valence-electron chi connectivity index (χ0n) is 12.9. The Morgan fingerprint density at radius 3 is 2.77 bits per heavy atom. The number of carbonyl (C=O) groups excluding carboxylic acids is 1. The van der Waals surface area contributed by atoms with Crippen LogP contribution in [0.5, 0.6) is 0 Å². The summed E-state index contributed by atoms with van der Waals surface area (Å²) in [4.78, 5) is 12.4. The minimum atomic E-state index is -0.231. The quantitative estimate of drug-likeness (QED) is 0.808. The van der Waals surface area contributed by atoms with E-state index in [0.717, 1.165) is 16.8 Å². The van der Waals surface area contributed by atoms with Crippen LogP contribution in [0.1, 0.15) is 40.3 Å². The Labute approximate surface area is 129 Å². The molecule has 0 aliphatic heterocycles. The standard InChI is InChI=1S/C17H18N4O/c1-11-7-8-14(12(2)10-11)17(22)18-13(3)16-20-19-15-6-4-5-9-21(15)16/h4-10,13H,1-3H3,(H,18,22). The number of aromatic nitrogens is 3. The first-order chi connectivity index (χ1) is 10.6. The maximum Gasteiger partial charge on any atom is 0.252 e. The highest BCUT2D eigenvalue weighted by Crippen LogP contribution is 2.15. The van der Waals surface area contributed by atoms with Gasteiger partial charge in [-0.3, -0.25) is 9.20 Å². The number of rotatable bonds is 3. The number of hydrogen-bond donors (Lipinski definition) is 1. The van der Waals surface area contributed by atoms with Crippen LogP contribution in [0.3, 0.4) is 0 Å². The summed E-state index contributed by atoms with van der Waals surface area (Å²) < 4.78 is 1.88. The third-order valence-corrected chi connectivity index (χ3v) is 3.70. The number of aryl methyl sites for hydroxylation is 2. The first-order valence-corrected chi connectivity index (χ1v) is 7.24. The molecule has 2 aromatic heterocycles. The van der Waals surface area contributed by atoms with Gasteiger partial charge in [0, 0.05) is 11.8 Å². The van der Waals surface area contributed by atoms with Crippen molar-refractivity contribution in [1.82, 2.24) is 19.9 Å². The molecule has 3 aromatic rings. The molecule has 5 heteroatoms. The molecule has 0 fully saturated rings. The summed E-state index contributed by atoms with van der Waals surface area (Å²) in [6, 6.07) is 11.3. The van der Waals surface area contributed by atoms with E-state index in [1.165, 1.54) is 0 Å². The van der Waals surface area contributed by atoms with E-state index < -0.39 is 0 Å². The SMILES string of the molecule is Cc1ccc(C(=O)NC(C)c2nnc3ccccn23)c(C)c1. The zero-order chi connectivity index (χ0) is 15.7. The number of benzene rings is 1. The summed E-state index contributed by atoms with van der Waals surface area (Å²) in [5.41, 5.74) is 3.57. The van der Waals surface area contributed by atoms with Crippen molar-refractivity contribution >= 4 is 11.6 Å². The molecule has 112 valence electrons. The summed E-state index contributed by atoms with van der Waals surface area (Å²) in [7, 11) is 0. The fourth-order valence-electron chi connectivity index (χ4n) is 2.56. The average molecular weight is 294 g/mol. The van der Waals surface area contributed by atoms with Crippen molar-refractivity contribution in [3.05, 3.63) is 65.1 Å². The monoisotopic (exact) mass is 294 g/mol. The second-order valence-corrected chi connectivity index (χ2v) is 5.50. The minimum Gasteiger partial charge on any atom is -0.342 e. The van der Waals surface area contributed by atoms with Gasteiger partial charge < -0.3 is 5.32 Å². The minimum absolute atomic E-state index is 0.0994. The summed E-state index contributed by atoms with van der Waals surface area (Å²) >= 11 is 0. The molecule has 1 atom stereocenters. The number of fused-ring (bicyclic) bond motifs is 1. The Morgan fingerprint density at radius 2 is 2.00 bits per heavy atom. The van der Waals surface area contributed by atoms with Crippen molar-refractivity contribution in [2.24, 2.45) is 0 Å². The summed E-state index contributed by atoms with van der Waals surface area (Å²) in [5.74, 6) is 0.617. The lowest BCUT2D eigenvalue weighted by Gasteiger charge is -2.14. The third-order valence-electron chi connectivity index (χ3n) is 3.70. The van der Waals surface area contributed by atoms with Gasteiger partial charge in [-0.05, 0) is 44.5 Å². The van der Waals surface area contributed by atoms with Crippen molar-refractivity contribution in [1.29, 1.82) is 0 Å². The second-order valence-electron chi connectivity index (χ2n) is 5.50. The van der Waals surface area contributed by atoms with Crippen molar-refractivity contribution in [2.45, 2.75) is 26.8 Å². The number of hydrogen-bond acceptors (Lipinski definition) is 3. The third kappa shape index (κ3) is 2.57. The molecule has 0 saturated carbocycles. The van der Waals surface area contributed by atoms with E-state index in [1.807, 2.05) is 67.8 Å². The molecule has 22 heavy (non-hydrogen) atoms. The molecule has 1 aromatic carbocycles. The van der Waals surface area contributed by atoms with Gasteiger partial charge in [0.25, 0.3) is 5.91 Å². The smallest absolute Gasteiger partial charge is 0.252 e. The molecule has 0 radical (unpaired) electrons. The highest BCUT2D eigenvalue weighted by Gasteiger charge is 2.17. The molecular weight excluding hydrogens is 276 g/mol. The van der Waals surface area contributed by atoms with E-state index in [2.05, 4.69) is 15.5 Å². The van der Waals surface area contributed by atoms with Gasteiger partial charge in [-0.2, -0.15) is 0 Å². The van der Waals surface area contributed by atoms with Crippen LogP contribution in [0.15, 0.2) is 42.6 Å². The Morgan fingerprint density at radius 1 is 1.18 bits per heavy atom. The van der Waals surface area contributed by atoms with Crippen LogP contribution in [-0.4, -0.2) is 20.5 Å². The fourth-order valence-corrected chi connectivity index (χ4v) is 2.56. The Hall–Kier alpha value is -2.69. The number of nitrogens with one attached hydrogen (secondary N) is 1. The number of pyridine rings is 1. The zero-order valence-corrected chi connectivity index (χ0v) is 12.9. The highest BCUT2D eigenvalue weighted by molar-refractivity contribution is 5.95. The number of amides is 1. The average Bonchev–Trinajstić information content (AvgIpc) is 2.91. The lowest BCUT2D eigenvalue weighted by Crippen LogP contribution is -2.28. The van der Waals surface area contributed by atoms with E-state index in [0.29, 0.717) is 11.4 Å². The van der Waals surface area contributed by atoms with Gasteiger partial charge in [-0.1, -0.05) is 23.8 Å². The molecule has 0 saturated heterocycles. The summed E-state index contributed by atoms with van der Waals surface area (Å²) in [6.45, 7) is 5.86. The van der Waals surface area contributed by atoms with Gasteiger partial charge in [0.2, 0.25) is 0 Å². The van der Waals surface area contributed by atoms with E-state index in [9.17, 15) is 4.79 Å². The molecule has 2 heterocycles. The molecule has 0 aliphatic rings. The predicted molar refractivity (Wildman–Crippen MR) is 84.8 cm³/mol. The predicted octanol–water partition coefficient (Wildman–Crippen LogP) is 2.84. The second kappa shape index (κ2) is 5.60. The van der Waals surface area contributed by atoms with E-state index in [1.54, 1.807) is 0 Å². The molecule has 1 amide bonds. The first-order valence-electron chi connectivity index (χ1n) is 7.24. The molecule has 5 nitrogen and oxygen atoms in total. The van der Waals surface area contributed by atoms with Gasteiger partial charge in [0.1, 0.15) is 0 Å². The van der Waals surface area contributed by atoms with Gasteiger partial charge in [0.15, 0.2) is 11.5 Å². The molecule has 1 unspecified atom stereocenters. The van der Waals surface area contributed by atoms with Crippen LogP contribution in [-0.2, 0) is 0 Å². The molecule has 1 N–H and O–H groups in total. The Kier molecular flexibility index (Phi) is 3.63. The normalized spacial score (nSPS) is 12.3. The van der Waals surface area contributed by atoms with Crippen molar-refractivity contribution < 1.29 is 4.79 Å². The Balaban J connectivity index is 1.84. The Bertz CT molecular complexity index is 838. The topological polar surface area (TPSA) is 59.3 Å². The van der Waals surface area contributed by atoms with Crippen LogP contribution in [0.4, 0.5) is 0 Å². The molecule has 0 bridgehead atoms. The van der Waals surface area contributed by atoms with Crippen LogP contribution >= 0.6 is 0 Å². The summed E-state index contributed by atoms with van der Waals surface area (Å²) in [5, 5.41) is 11.3. The van der Waals surface area contributed by atoms with Crippen LogP contribution in [0.25, 0.3) is 5.65 Å². The lowest BCUT2D eigenvalue weighted by molar-refractivity contribution is 0.0937. The lowest BCUT2D eigenvalue weighted by atomic mass is 10.0. The number of nitrogens with zero attached hydrogens (tertiary/aromatic N) is 3. The van der Waals surface area contributed by atoms with Crippen molar-refractivity contribution in [3.63, 3.8) is 0 Å². The molecule has 0 aliphatic carbocycles. The molecular formula is C17H18N4O. The van der Waals surface area contributed by atoms with Gasteiger partial charge in [0.05, 0.1) is 6.04 Å². The van der Waals surface area contributed by atoms with Gasteiger partial charge in [-0.25, -0.2) is 0 Å². The van der Waals surface area contributed by atoms with Gasteiger partial charge >= 0.3 is 0 Å². The summed E-state index contributed by atoms with van der Waals surface area (Å²) in [6.07, 6.45) is 1.89. The highest BCUT2D eigenvalue weighted by atomic mass is 16.1. The maximum atomic E-state index is 12.4. The van der Waals surface area contributed by atoms with Gasteiger partial charge in [-0.15, -0.1) is 10.2 Å². The first kappa shape index (κ1) is 14.3. The van der Waals surface area contributed by atoms with E-state index in [-0.39, 0.29) is 11.9 Å². The van der Waals surface area contributed by atoms with Crippen LogP contribution in [0, 0.1) is 13.8 Å². The van der Waals surface area contributed by atoms with E-state index in [4.69, 9.17) is 0 Å². The van der Waals surface area contributed by atoms with E-state index >= 15 is 0 Å². The number of carbonyl (C=O) groups is 1. The van der Waals surface area contributed by atoms with Crippen LogP contribution in [0.2, 0.25) is 0 Å². The van der Waals surface area contributed by atoms with Crippen molar-refractivity contribution in [2.75, 3.05) is 0 Å². The van der Waals surface area contributed by atoms with Crippen molar-refractivity contribution in [3.8, 4) is 0 Å². The van der Waals surface area contributed by atoms with Crippen LogP contribution < -0.4 is 5.32 Å². The molecule has 3 rings (SSSR count).